The number of anilines is 2. The van der Waals surface area contributed by atoms with Gasteiger partial charge in [0, 0.05) is 9.90 Å². The lowest BCUT2D eigenvalue weighted by Gasteiger charge is -2.16. The molecule has 0 radical (unpaired) electrons. The summed E-state index contributed by atoms with van der Waals surface area (Å²) in [5, 5.41) is 5.51. The van der Waals surface area contributed by atoms with Crippen molar-refractivity contribution in [3.05, 3.63) is 81.6 Å². The second-order valence-electron chi connectivity index (χ2n) is 5.97. The van der Waals surface area contributed by atoms with Crippen LogP contribution in [0.15, 0.2) is 71.7 Å². The molecule has 1 aliphatic heterocycles. The molecule has 0 saturated carbocycles. The Labute approximate surface area is 170 Å². The van der Waals surface area contributed by atoms with Crippen LogP contribution in [0.25, 0.3) is 5.57 Å². The molecule has 2 heterocycles. The molecular weight excluding hydrogens is 396 g/mol. The summed E-state index contributed by atoms with van der Waals surface area (Å²) in [5.41, 5.74) is 1.62. The van der Waals surface area contributed by atoms with E-state index < -0.39 is 5.91 Å². The first-order valence-electron chi connectivity index (χ1n) is 8.42. The highest BCUT2D eigenvalue weighted by molar-refractivity contribution is 7.11. The Kier molecular flexibility index (Phi) is 4.90. The summed E-state index contributed by atoms with van der Waals surface area (Å²) in [6.45, 7) is 0. The molecule has 7 heteroatoms. The Balaban J connectivity index is 1.81. The zero-order valence-electron chi connectivity index (χ0n) is 14.8. The zero-order chi connectivity index (χ0) is 19.7. The second-order valence-corrected chi connectivity index (χ2v) is 7.36. The first-order chi connectivity index (χ1) is 13.6. The summed E-state index contributed by atoms with van der Waals surface area (Å²) >= 11 is 7.35. The number of rotatable bonds is 5. The van der Waals surface area contributed by atoms with Crippen LogP contribution in [0.4, 0.5) is 11.4 Å². The number of carbonyl (C=O) groups excluding carboxylic acids is 2. The predicted octanol–water partition coefficient (Wildman–Crippen LogP) is 4.81. The van der Waals surface area contributed by atoms with Crippen LogP contribution in [0.2, 0.25) is 5.02 Å². The van der Waals surface area contributed by atoms with Gasteiger partial charge in [-0.1, -0.05) is 29.8 Å². The quantitative estimate of drug-likeness (QED) is 0.613. The molecule has 0 aliphatic carbocycles. The van der Waals surface area contributed by atoms with Crippen LogP contribution >= 0.6 is 22.9 Å². The molecule has 3 aromatic rings. The number of nitrogens with one attached hydrogen (secondary N) is 1. The van der Waals surface area contributed by atoms with Crippen LogP contribution in [0.5, 0.6) is 5.75 Å². The maximum absolute atomic E-state index is 13.2. The molecule has 0 fully saturated rings. The standard InChI is InChI=1S/C21H15ClN2O3S/c1-27-16-6-3-2-5-15(16)23-19-18(17-7-4-12-28-17)20(25)24(21(19)26)14-10-8-13(22)9-11-14/h2-12,23H,1H3. The third-order valence-corrected chi connectivity index (χ3v) is 5.44. The number of benzene rings is 2. The van der Waals surface area contributed by atoms with Crippen molar-refractivity contribution in [3.8, 4) is 5.75 Å². The third kappa shape index (κ3) is 3.17. The van der Waals surface area contributed by atoms with Gasteiger partial charge in [-0.2, -0.15) is 0 Å². The molecule has 0 unspecified atom stereocenters. The Hall–Kier alpha value is -3.09. The molecule has 140 valence electrons. The fourth-order valence-corrected chi connectivity index (χ4v) is 3.90. The van der Waals surface area contributed by atoms with Crippen LogP contribution in [0.3, 0.4) is 0 Å². The predicted molar refractivity (Wildman–Crippen MR) is 112 cm³/mol. The fourth-order valence-electron chi connectivity index (χ4n) is 3.00. The van der Waals surface area contributed by atoms with Gasteiger partial charge in [-0.3, -0.25) is 9.59 Å². The van der Waals surface area contributed by atoms with E-state index in [4.69, 9.17) is 16.3 Å². The number of hydrogen-bond acceptors (Lipinski definition) is 5. The van der Waals surface area contributed by atoms with Crippen molar-refractivity contribution in [3.63, 3.8) is 0 Å². The topological polar surface area (TPSA) is 58.6 Å². The first-order valence-corrected chi connectivity index (χ1v) is 9.68. The van der Waals surface area contributed by atoms with Gasteiger partial charge in [0.15, 0.2) is 0 Å². The van der Waals surface area contributed by atoms with E-state index in [1.165, 1.54) is 11.3 Å². The third-order valence-electron chi connectivity index (χ3n) is 4.30. The summed E-state index contributed by atoms with van der Waals surface area (Å²) in [6.07, 6.45) is 0. The molecule has 1 aliphatic rings. The van der Waals surface area contributed by atoms with Crippen LogP contribution in [-0.4, -0.2) is 18.9 Å². The number of methoxy groups -OCH3 is 1. The van der Waals surface area contributed by atoms with Crippen molar-refractivity contribution >= 4 is 51.7 Å². The van der Waals surface area contributed by atoms with E-state index in [1.807, 2.05) is 29.6 Å². The van der Waals surface area contributed by atoms with Gasteiger partial charge in [-0.15, -0.1) is 11.3 Å². The zero-order valence-corrected chi connectivity index (χ0v) is 16.4. The molecule has 28 heavy (non-hydrogen) atoms. The lowest BCUT2D eigenvalue weighted by molar-refractivity contribution is -0.120. The molecule has 1 aromatic heterocycles. The minimum Gasteiger partial charge on any atom is -0.495 e. The number of carbonyl (C=O) groups is 2. The monoisotopic (exact) mass is 410 g/mol. The number of ether oxygens (including phenoxy) is 1. The van der Waals surface area contributed by atoms with Crippen molar-refractivity contribution in [2.75, 3.05) is 17.3 Å². The lowest BCUT2D eigenvalue weighted by atomic mass is 10.1. The summed E-state index contributed by atoms with van der Waals surface area (Å²) in [4.78, 5) is 28.3. The van der Waals surface area contributed by atoms with E-state index in [1.54, 1.807) is 43.5 Å². The van der Waals surface area contributed by atoms with Crippen molar-refractivity contribution in [1.29, 1.82) is 0 Å². The molecule has 2 amide bonds. The van der Waals surface area contributed by atoms with Gasteiger partial charge in [0.05, 0.1) is 24.1 Å². The molecular formula is C21H15ClN2O3S. The Morgan fingerprint density at radius 2 is 1.71 bits per heavy atom. The van der Waals surface area contributed by atoms with Gasteiger partial charge >= 0.3 is 0 Å². The van der Waals surface area contributed by atoms with Crippen LogP contribution in [-0.2, 0) is 9.59 Å². The van der Waals surface area contributed by atoms with E-state index >= 15 is 0 Å². The Bertz CT molecular complexity index is 1080. The number of thiophene rings is 1. The van der Waals surface area contributed by atoms with Crippen LogP contribution in [0.1, 0.15) is 4.88 Å². The van der Waals surface area contributed by atoms with Crippen molar-refractivity contribution in [2.24, 2.45) is 0 Å². The van der Waals surface area contributed by atoms with Crippen molar-refractivity contribution in [1.82, 2.24) is 0 Å². The fraction of sp³-hybridized carbons (Fsp3) is 0.0476. The van der Waals surface area contributed by atoms with Gasteiger partial charge in [-0.25, -0.2) is 4.90 Å². The smallest absolute Gasteiger partial charge is 0.282 e. The van der Waals surface area contributed by atoms with Gasteiger partial charge in [0.25, 0.3) is 11.8 Å². The van der Waals surface area contributed by atoms with Crippen LogP contribution in [0, 0.1) is 0 Å². The Morgan fingerprint density at radius 1 is 0.964 bits per heavy atom. The minimum atomic E-state index is -0.429. The summed E-state index contributed by atoms with van der Waals surface area (Å²) < 4.78 is 5.36. The highest BCUT2D eigenvalue weighted by Crippen LogP contribution is 2.37. The number of amides is 2. The highest BCUT2D eigenvalue weighted by Gasteiger charge is 2.40. The van der Waals surface area contributed by atoms with E-state index in [0.29, 0.717) is 32.6 Å². The van der Waals surface area contributed by atoms with E-state index in [9.17, 15) is 9.59 Å². The lowest BCUT2D eigenvalue weighted by Crippen LogP contribution is -2.32. The van der Waals surface area contributed by atoms with Gasteiger partial charge in [0.1, 0.15) is 11.4 Å². The van der Waals surface area contributed by atoms with Crippen molar-refractivity contribution in [2.45, 2.75) is 0 Å². The molecule has 2 aromatic carbocycles. The average Bonchev–Trinajstić information content (AvgIpc) is 3.30. The van der Waals surface area contributed by atoms with Crippen molar-refractivity contribution < 1.29 is 14.3 Å². The summed E-state index contributed by atoms with van der Waals surface area (Å²) in [6, 6.07) is 17.5. The SMILES string of the molecule is COc1ccccc1NC1=C(c2cccs2)C(=O)N(c2ccc(Cl)cc2)C1=O. The molecule has 0 spiro atoms. The summed E-state index contributed by atoms with van der Waals surface area (Å²) in [5.74, 6) is -0.237. The maximum Gasteiger partial charge on any atom is 0.282 e. The normalized spacial score (nSPS) is 14.0. The first kappa shape index (κ1) is 18.3. The minimum absolute atomic E-state index is 0.215. The average molecular weight is 411 g/mol. The van der Waals surface area contributed by atoms with Gasteiger partial charge in [-0.05, 0) is 47.8 Å². The number of halogens is 1. The molecule has 0 atom stereocenters. The molecule has 1 N–H and O–H groups in total. The summed E-state index contributed by atoms with van der Waals surface area (Å²) in [7, 11) is 1.55. The maximum atomic E-state index is 13.2. The molecule has 4 rings (SSSR count). The van der Waals surface area contributed by atoms with Gasteiger partial charge in [0.2, 0.25) is 0 Å². The van der Waals surface area contributed by atoms with E-state index in [2.05, 4.69) is 5.32 Å². The number of hydrogen-bond donors (Lipinski definition) is 1. The van der Waals surface area contributed by atoms with E-state index in [-0.39, 0.29) is 11.6 Å². The molecule has 0 saturated heterocycles. The number of imide groups is 1. The number of nitrogens with zero attached hydrogens (tertiary/aromatic N) is 1. The molecule has 5 nitrogen and oxygen atoms in total. The number of para-hydroxylation sites is 2. The highest BCUT2D eigenvalue weighted by atomic mass is 35.5. The van der Waals surface area contributed by atoms with E-state index in [0.717, 1.165) is 4.90 Å². The van der Waals surface area contributed by atoms with Gasteiger partial charge < -0.3 is 10.1 Å². The Morgan fingerprint density at radius 3 is 2.39 bits per heavy atom. The largest absolute Gasteiger partial charge is 0.495 e. The second kappa shape index (κ2) is 7.50. The molecule has 0 bridgehead atoms. The van der Waals surface area contributed by atoms with Crippen LogP contribution < -0.4 is 15.0 Å².